The van der Waals surface area contributed by atoms with Crippen LogP contribution in [0.2, 0.25) is 0 Å². The molecule has 0 heterocycles. The molecule has 3 N–H and O–H groups in total. The molecule has 0 fully saturated rings. The molecule has 0 radical (unpaired) electrons. The molecule has 2 nitrogen and oxygen atoms in total. The van der Waals surface area contributed by atoms with Gasteiger partial charge in [0, 0.05) is 11.1 Å². The fraction of sp³-hybridized carbons (Fsp3) is 0.333. The summed E-state index contributed by atoms with van der Waals surface area (Å²) in [5.41, 5.74) is 5.38. The van der Waals surface area contributed by atoms with Gasteiger partial charge in [-0.2, -0.15) is 0 Å². The molecule has 0 spiro atoms. The Morgan fingerprint density at radius 1 is 1.46 bits per heavy atom. The van der Waals surface area contributed by atoms with Crippen LogP contribution in [0.1, 0.15) is 19.4 Å². The lowest BCUT2D eigenvalue weighted by atomic mass is 9.95. The molecule has 1 aromatic rings. The highest BCUT2D eigenvalue weighted by Gasteiger charge is 2.21. The van der Waals surface area contributed by atoms with Crippen LogP contribution in [0.3, 0.4) is 0 Å². The first kappa shape index (κ1) is 10.5. The van der Waals surface area contributed by atoms with Crippen LogP contribution in [-0.2, 0) is 5.54 Å². The zero-order valence-electron chi connectivity index (χ0n) is 7.44. The molecule has 1 rings (SSSR count). The Morgan fingerprint density at radius 2 is 2.00 bits per heavy atom. The van der Waals surface area contributed by atoms with Gasteiger partial charge in [0.05, 0.1) is 4.47 Å². The summed E-state index contributed by atoms with van der Waals surface area (Å²) >= 11 is 3.04. The van der Waals surface area contributed by atoms with Gasteiger partial charge >= 0.3 is 0 Å². The van der Waals surface area contributed by atoms with Crippen molar-refractivity contribution in [3.63, 3.8) is 0 Å². The minimum Gasteiger partial charge on any atom is -0.506 e. The number of phenols is 1. The third-order valence-electron chi connectivity index (χ3n) is 1.72. The lowest BCUT2D eigenvalue weighted by Gasteiger charge is -2.21. The molecule has 0 saturated heterocycles. The standard InChI is InChI=1S/C9H11BrFNO/c1-9(2,12)6-3-5(11)4-7(10)8(6)13/h3-4,13H,12H2,1-2H3. The largest absolute Gasteiger partial charge is 0.506 e. The van der Waals surface area contributed by atoms with E-state index in [0.717, 1.165) is 0 Å². The summed E-state index contributed by atoms with van der Waals surface area (Å²) in [6.45, 7) is 3.40. The SMILES string of the molecule is CC(C)(N)c1cc(F)cc(Br)c1O. The molecule has 72 valence electrons. The summed E-state index contributed by atoms with van der Waals surface area (Å²) in [5.74, 6) is -0.424. The molecule has 0 aromatic heterocycles. The van der Waals surface area contributed by atoms with Crippen LogP contribution in [0.5, 0.6) is 5.75 Å². The van der Waals surface area contributed by atoms with Crippen molar-refractivity contribution in [3.05, 3.63) is 28.0 Å². The summed E-state index contributed by atoms with van der Waals surface area (Å²) < 4.78 is 13.3. The molecule has 1 aromatic carbocycles. The highest BCUT2D eigenvalue weighted by molar-refractivity contribution is 9.10. The van der Waals surface area contributed by atoms with Crippen molar-refractivity contribution >= 4 is 15.9 Å². The maximum atomic E-state index is 12.9. The zero-order chi connectivity index (χ0) is 10.2. The van der Waals surface area contributed by atoms with E-state index in [4.69, 9.17) is 5.73 Å². The fourth-order valence-electron chi connectivity index (χ4n) is 1.06. The van der Waals surface area contributed by atoms with Crippen LogP contribution in [-0.4, -0.2) is 5.11 Å². The van der Waals surface area contributed by atoms with E-state index >= 15 is 0 Å². The Balaban J connectivity index is 3.37. The Hall–Kier alpha value is -0.610. The van der Waals surface area contributed by atoms with E-state index in [1.807, 2.05) is 0 Å². The topological polar surface area (TPSA) is 46.2 Å². The van der Waals surface area contributed by atoms with Crippen LogP contribution in [0, 0.1) is 5.82 Å². The molecule has 0 amide bonds. The van der Waals surface area contributed by atoms with Crippen molar-refractivity contribution in [3.8, 4) is 5.75 Å². The smallest absolute Gasteiger partial charge is 0.134 e. The maximum absolute atomic E-state index is 12.9. The summed E-state index contributed by atoms with van der Waals surface area (Å²) in [6, 6.07) is 2.44. The molecule has 0 aliphatic rings. The van der Waals surface area contributed by atoms with Gasteiger partial charge in [-0.3, -0.25) is 0 Å². The Labute approximate surface area is 84.7 Å². The second-order valence-corrected chi connectivity index (χ2v) is 4.36. The molecular weight excluding hydrogens is 237 g/mol. The Bertz CT molecular complexity index is 333. The zero-order valence-corrected chi connectivity index (χ0v) is 9.02. The number of rotatable bonds is 1. The number of hydrogen-bond donors (Lipinski definition) is 2. The minimum atomic E-state index is -0.755. The lowest BCUT2D eigenvalue weighted by molar-refractivity contribution is 0.433. The van der Waals surface area contributed by atoms with E-state index in [2.05, 4.69) is 15.9 Å². The third-order valence-corrected chi connectivity index (χ3v) is 2.33. The Morgan fingerprint density at radius 3 is 2.46 bits per heavy atom. The van der Waals surface area contributed by atoms with E-state index in [0.29, 0.717) is 10.0 Å². The third kappa shape index (κ3) is 2.19. The van der Waals surface area contributed by atoms with Crippen LogP contribution in [0.4, 0.5) is 4.39 Å². The summed E-state index contributed by atoms with van der Waals surface area (Å²) in [4.78, 5) is 0. The molecule has 13 heavy (non-hydrogen) atoms. The van der Waals surface area contributed by atoms with Crippen LogP contribution in [0.25, 0.3) is 0 Å². The van der Waals surface area contributed by atoms with Crippen LogP contribution in [0.15, 0.2) is 16.6 Å². The summed E-state index contributed by atoms with van der Waals surface area (Å²) in [6.07, 6.45) is 0. The minimum absolute atomic E-state index is 0.00565. The lowest BCUT2D eigenvalue weighted by Crippen LogP contribution is -2.28. The molecule has 0 unspecified atom stereocenters. The normalized spacial score (nSPS) is 11.8. The molecule has 4 heteroatoms. The average Bonchev–Trinajstić information content (AvgIpc) is 1.94. The summed E-state index contributed by atoms with van der Waals surface area (Å²) in [5, 5.41) is 9.56. The van der Waals surface area contributed by atoms with Gasteiger partial charge in [0.15, 0.2) is 0 Å². The summed E-state index contributed by atoms with van der Waals surface area (Å²) in [7, 11) is 0. The predicted molar refractivity (Wildman–Crippen MR) is 53.0 cm³/mol. The number of nitrogens with two attached hydrogens (primary N) is 1. The second-order valence-electron chi connectivity index (χ2n) is 3.51. The van der Waals surface area contributed by atoms with Gasteiger partial charge in [-0.15, -0.1) is 0 Å². The Kier molecular flexibility index (Phi) is 2.63. The quantitative estimate of drug-likeness (QED) is 0.801. The van der Waals surface area contributed by atoms with Crippen molar-refractivity contribution in [2.75, 3.05) is 0 Å². The molecule has 0 aliphatic carbocycles. The van der Waals surface area contributed by atoms with Crippen molar-refractivity contribution < 1.29 is 9.50 Å². The molecule has 0 saturated carbocycles. The predicted octanol–water partition coefficient (Wildman–Crippen LogP) is 2.49. The van der Waals surface area contributed by atoms with Gasteiger partial charge < -0.3 is 10.8 Å². The highest BCUT2D eigenvalue weighted by Crippen LogP contribution is 2.34. The second kappa shape index (κ2) is 3.27. The van der Waals surface area contributed by atoms with Crippen molar-refractivity contribution in [2.45, 2.75) is 19.4 Å². The average molecular weight is 248 g/mol. The monoisotopic (exact) mass is 247 g/mol. The number of hydrogen-bond acceptors (Lipinski definition) is 2. The molecule has 0 bridgehead atoms. The van der Waals surface area contributed by atoms with E-state index in [1.165, 1.54) is 12.1 Å². The van der Waals surface area contributed by atoms with Gasteiger partial charge in [-0.1, -0.05) is 0 Å². The fourth-order valence-corrected chi connectivity index (χ4v) is 1.49. The molecular formula is C9H11BrFNO. The van der Waals surface area contributed by atoms with Crippen LogP contribution >= 0.6 is 15.9 Å². The number of aromatic hydroxyl groups is 1. The number of benzene rings is 1. The van der Waals surface area contributed by atoms with Gasteiger partial charge in [-0.25, -0.2) is 4.39 Å². The van der Waals surface area contributed by atoms with E-state index in [-0.39, 0.29) is 5.75 Å². The van der Waals surface area contributed by atoms with Crippen molar-refractivity contribution in [1.82, 2.24) is 0 Å². The number of halogens is 2. The number of phenolic OH excluding ortho intramolecular Hbond substituents is 1. The first-order chi connectivity index (χ1) is 5.82. The van der Waals surface area contributed by atoms with E-state index in [9.17, 15) is 9.50 Å². The van der Waals surface area contributed by atoms with Crippen molar-refractivity contribution in [2.24, 2.45) is 5.73 Å². The van der Waals surface area contributed by atoms with E-state index < -0.39 is 11.4 Å². The highest BCUT2D eigenvalue weighted by atomic mass is 79.9. The van der Waals surface area contributed by atoms with Gasteiger partial charge in [-0.05, 0) is 41.9 Å². The first-order valence-corrected chi connectivity index (χ1v) is 4.59. The van der Waals surface area contributed by atoms with Gasteiger partial charge in [0.1, 0.15) is 11.6 Å². The maximum Gasteiger partial charge on any atom is 0.134 e. The molecule has 0 atom stereocenters. The van der Waals surface area contributed by atoms with E-state index in [1.54, 1.807) is 13.8 Å². The molecule has 0 aliphatic heterocycles. The van der Waals surface area contributed by atoms with Gasteiger partial charge in [0.2, 0.25) is 0 Å². The van der Waals surface area contributed by atoms with Crippen LogP contribution < -0.4 is 5.73 Å². The van der Waals surface area contributed by atoms with Gasteiger partial charge in [0.25, 0.3) is 0 Å². The van der Waals surface area contributed by atoms with Crippen molar-refractivity contribution in [1.29, 1.82) is 0 Å². The first-order valence-electron chi connectivity index (χ1n) is 3.79.